The van der Waals surface area contributed by atoms with Gasteiger partial charge in [0.1, 0.15) is 11.5 Å². The number of benzene rings is 1. The molecule has 0 saturated carbocycles. The van der Waals surface area contributed by atoms with Crippen molar-refractivity contribution in [3.63, 3.8) is 0 Å². The van der Waals surface area contributed by atoms with Crippen molar-refractivity contribution < 1.29 is 19.1 Å². The molecule has 112 valence electrons. The molecule has 2 rings (SSSR count). The Labute approximate surface area is 123 Å². The second kappa shape index (κ2) is 5.99. The Kier molecular flexibility index (Phi) is 4.31. The minimum Gasteiger partial charge on any atom is -0.484 e. The number of hydrogen-bond donors (Lipinski definition) is 1. The van der Waals surface area contributed by atoms with Gasteiger partial charge in [0.2, 0.25) is 5.89 Å². The van der Waals surface area contributed by atoms with E-state index in [1.165, 1.54) is 0 Å². The number of hydrogen-bond acceptors (Lipinski definition) is 4. The Hall–Kier alpha value is -2.30. The molecule has 2 aromatic rings. The summed E-state index contributed by atoms with van der Waals surface area (Å²) in [4.78, 5) is 14.8. The third kappa shape index (κ3) is 4.34. The molecule has 21 heavy (non-hydrogen) atoms. The molecule has 0 radical (unpaired) electrons. The minimum atomic E-state index is -0.849. The summed E-state index contributed by atoms with van der Waals surface area (Å²) in [6, 6.07) is 6.96. The van der Waals surface area contributed by atoms with Gasteiger partial charge in [-0.3, -0.25) is 4.79 Å². The van der Waals surface area contributed by atoms with Crippen LogP contribution in [0.1, 0.15) is 38.0 Å². The highest BCUT2D eigenvalue weighted by atomic mass is 16.5. The van der Waals surface area contributed by atoms with Crippen molar-refractivity contribution in [2.45, 2.75) is 39.2 Å². The number of nitrogens with zero attached hydrogens (tertiary/aromatic N) is 1. The number of carboxylic acid groups (broad SMARTS) is 1. The van der Waals surface area contributed by atoms with Gasteiger partial charge in [0.05, 0.1) is 12.6 Å². The van der Waals surface area contributed by atoms with Crippen LogP contribution in [0.4, 0.5) is 0 Å². The van der Waals surface area contributed by atoms with Crippen LogP contribution in [0.15, 0.2) is 34.9 Å². The first-order valence-corrected chi connectivity index (χ1v) is 6.73. The summed E-state index contributed by atoms with van der Waals surface area (Å²) in [5.41, 5.74) is 0.657. The molecule has 0 saturated heterocycles. The first-order chi connectivity index (χ1) is 9.84. The van der Waals surface area contributed by atoms with Gasteiger partial charge in [-0.2, -0.15) is 0 Å². The van der Waals surface area contributed by atoms with Gasteiger partial charge >= 0.3 is 5.97 Å². The van der Waals surface area contributed by atoms with E-state index in [9.17, 15) is 4.79 Å². The smallest absolute Gasteiger partial charge is 0.307 e. The highest BCUT2D eigenvalue weighted by Gasteiger charge is 2.19. The first-order valence-electron chi connectivity index (χ1n) is 6.73. The molecule has 0 amide bonds. The molecule has 0 aliphatic carbocycles. The van der Waals surface area contributed by atoms with Crippen molar-refractivity contribution in [1.82, 2.24) is 4.98 Å². The minimum absolute atomic E-state index is 0.00889. The third-order valence-electron chi connectivity index (χ3n) is 2.93. The Morgan fingerprint density at radius 1 is 1.29 bits per heavy atom. The number of aliphatic carboxylic acids is 1. The molecule has 1 aromatic heterocycles. The Morgan fingerprint density at radius 3 is 2.48 bits per heavy atom. The maximum absolute atomic E-state index is 10.6. The van der Waals surface area contributed by atoms with E-state index in [2.05, 4.69) is 25.8 Å². The van der Waals surface area contributed by atoms with E-state index in [4.69, 9.17) is 14.3 Å². The maximum atomic E-state index is 10.6. The molecule has 1 aromatic carbocycles. The Balaban J connectivity index is 1.94. The van der Waals surface area contributed by atoms with Gasteiger partial charge in [-0.05, 0) is 17.7 Å². The summed E-state index contributed by atoms with van der Waals surface area (Å²) in [6.45, 7) is 6.41. The van der Waals surface area contributed by atoms with Gasteiger partial charge in [-0.1, -0.05) is 32.9 Å². The van der Waals surface area contributed by atoms with E-state index in [1.54, 1.807) is 30.5 Å². The molecule has 0 unspecified atom stereocenters. The molecule has 5 heteroatoms. The van der Waals surface area contributed by atoms with E-state index < -0.39 is 5.97 Å². The summed E-state index contributed by atoms with van der Waals surface area (Å²) in [6.07, 6.45) is 1.73. The van der Waals surface area contributed by atoms with Crippen LogP contribution in [0.25, 0.3) is 0 Å². The monoisotopic (exact) mass is 289 g/mol. The molecule has 0 spiro atoms. The molecule has 1 N–H and O–H groups in total. The first kappa shape index (κ1) is 15.1. The largest absolute Gasteiger partial charge is 0.484 e. The van der Waals surface area contributed by atoms with E-state index in [0.717, 1.165) is 11.3 Å². The number of carbonyl (C=O) groups is 1. The van der Waals surface area contributed by atoms with Crippen LogP contribution in [-0.4, -0.2) is 16.1 Å². The van der Waals surface area contributed by atoms with Crippen LogP contribution in [0.2, 0.25) is 0 Å². The second-order valence-electron chi connectivity index (χ2n) is 5.87. The lowest BCUT2D eigenvalue weighted by Gasteiger charge is -2.13. The van der Waals surface area contributed by atoms with Crippen LogP contribution >= 0.6 is 0 Å². The van der Waals surface area contributed by atoms with Gasteiger partial charge in [-0.15, -0.1) is 0 Å². The van der Waals surface area contributed by atoms with E-state index >= 15 is 0 Å². The number of oxazole rings is 1. The van der Waals surface area contributed by atoms with E-state index in [-0.39, 0.29) is 18.4 Å². The highest BCUT2D eigenvalue weighted by Crippen LogP contribution is 2.23. The average Bonchev–Trinajstić information content (AvgIpc) is 2.86. The number of rotatable bonds is 5. The number of aromatic nitrogens is 1. The molecule has 0 atom stereocenters. The second-order valence-corrected chi connectivity index (χ2v) is 5.87. The summed E-state index contributed by atoms with van der Waals surface area (Å²) in [7, 11) is 0. The lowest BCUT2D eigenvalue weighted by atomic mass is 9.94. The Morgan fingerprint density at radius 2 is 1.95 bits per heavy atom. The van der Waals surface area contributed by atoms with Crippen molar-refractivity contribution in [1.29, 1.82) is 0 Å². The number of carboxylic acids is 1. The standard InChI is InChI=1S/C16H19NO4/c1-16(2,3)13-9-17-14(21-13)10-20-12-6-4-11(5-7-12)8-15(18)19/h4-7,9H,8,10H2,1-3H3,(H,18,19). The van der Waals surface area contributed by atoms with Gasteiger partial charge in [0, 0.05) is 5.41 Å². The van der Waals surface area contributed by atoms with Crippen LogP contribution < -0.4 is 4.74 Å². The summed E-state index contributed by atoms with van der Waals surface area (Å²) < 4.78 is 11.2. The highest BCUT2D eigenvalue weighted by molar-refractivity contribution is 5.70. The van der Waals surface area contributed by atoms with E-state index in [1.807, 2.05) is 0 Å². The molecule has 0 aliphatic heterocycles. The van der Waals surface area contributed by atoms with Crippen LogP contribution in [0, 0.1) is 0 Å². The molecule has 1 heterocycles. The van der Waals surface area contributed by atoms with Crippen LogP contribution in [-0.2, 0) is 23.2 Å². The maximum Gasteiger partial charge on any atom is 0.307 e. The summed E-state index contributed by atoms with van der Waals surface area (Å²) >= 11 is 0. The number of ether oxygens (including phenoxy) is 1. The Bertz CT molecular complexity index is 608. The van der Waals surface area contributed by atoms with Crippen molar-refractivity contribution in [2.24, 2.45) is 0 Å². The zero-order valence-corrected chi connectivity index (χ0v) is 12.4. The normalized spacial score (nSPS) is 11.4. The van der Waals surface area contributed by atoms with Gasteiger partial charge in [0.15, 0.2) is 6.61 Å². The molecule has 0 aliphatic rings. The zero-order chi connectivity index (χ0) is 15.5. The van der Waals surface area contributed by atoms with Crippen molar-refractivity contribution in [2.75, 3.05) is 0 Å². The van der Waals surface area contributed by atoms with Crippen LogP contribution in [0.3, 0.4) is 0 Å². The molecular weight excluding hydrogens is 270 g/mol. The van der Waals surface area contributed by atoms with Crippen molar-refractivity contribution in [3.05, 3.63) is 47.7 Å². The predicted octanol–water partition coefficient (Wildman–Crippen LogP) is 3.18. The summed E-state index contributed by atoms with van der Waals surface area (Å²) in [5.74, 6) is 1.14. The fourth-order valence-electron chi connectivity index (χ4n) is 1.75. The SMILES string of the molecule is CC(C)(C)c1cnc(COc2ccc(CC(=O)O)cc2)o1. The van der Waals surface area contributed by atoms with Gasteiger partial charge in [0.25, 0.3) is 0 Å². The van der Waals surface area contributed by atoms with Crippen LogP contribution in [0.5, 0.6) is 5.75 Å². The molecule has 0 fully saturated rings. The van der Waals surface area contributed by atoms with Crippen molar-refractivity contribution >= 4 is 5.97 Å². The van der Waals surface area contributed by atoms with E-state index in [0.29, 0.717) is 11.6 Å². The third-order valence-corrected chi connectivity index (χ3v) is 2.93. The topological polar surface area (TPSA) is 72.6 Å². The average molecular weight is 289 g/mol. The van der Waals surface area contributed by atoms with Gasteiger partial charge < -0.3 is 14.3 Å². The fourth-order valence-corrected chi connectivity index (χ4v) is 1.75. The lowest BCUT2D eigenvalue weighted by molar-refractivity contribution is -0.136. The quantitative estimate of drug-likeness (QED) is 0.915. The predicted molar refractivity (Wildman–Crippen MR) is 77.3 cm³/mol. The van der Waals surface area contributed by atoms with Crippen molar-refractivity contribution in [3.8, 4) is 5.75 Å². The summed E-state index contributed by atoms with van der Waals surface area (Å²) in [5, 5.41) is 8.70. The zero-order valence-electron chi connectivity index (χ0n) is 12.4. The lowest BCUT2D eigenvalue weighted by Crippen LogP contribution is -2.09. The van der Waals surface area contributed by atoms with Gasteiger partial charge in [-0.25, -0.2) is 4.98 Å². The molecular formula is C16H19NO4. The molecule has 5 nitrogen and oxygen atoms in total. The molecule has 0 bridgehead atoms. The fraction of sp³-hybridized carbons (Fsp3) is 0.375.